The van der Waals surface area contributed by atoms with E-state index in [4.69, 9.17) is 17.3 Å². The number of nitrogens with two attached hydrogens (primary N) is 1. The molecule has 0 aliphatic carbocycles. The topological polar surface area (TPSA) is 26.0 Å². The largest absolute Gasteiger partial charge is 0.324 e. The summed E-state index contributed by atoms with van der Waals surface area (Å²) < 4.78 is 27.1. The maximum Gasteiger partial charge on any atom is 0.127 e. The van der Waals surface area contributed by atoms with Crippen LogP contribution in [0.25, 0.3) is 0 Å². The lowest BCUT2D eigenvalue weighted by Gasteiger charge is -2.14. The molecule has 0 aliphatic rings. The van der Waals surface area contributed by atoms with E-state index in [0.717, 1.165) is 0 Å². The van der Waals surface area contributed by atoms with Crippen LogP contribution in [-0.4, -0.2) is 0 Å². The SMILES string of the molecule is NC(Cc1c(F)cccc1Cl)c1ccccc1F. The molecule has 18 heavy (non-hydrogen) atoms. The van der Waals surface area contributed by atoms with Gasteiger partial charge in [-0.15, -0.1) is 0 Å². The van der Waals surface area contributed by atoms with Crippen molar-refractivity contribution in [1.29, 1.82) is 0 Å². The second-order valence-corrected chi connectivity index (χ2v) is 4.44. The van der Waals surface area contributed by atoms with Gasteiger partial charge >= 0.3 is 0 Å². The summed E-state index contributed by atoms with van der Waals surface area (Å²) in [7, 11) is 0. The molecule has 2 aromatic carbocycles. The molecule has 0 amide bonds. The highest BCUT2D eigenvalue weighted by atomic mass is 35.5. The van der Waals surface area contributed by atoms with Crippen LogP contribution in [0.3, 0.4) is 0 Å². The van der Waals surface area contributed by atoms with Crippen molar-refractivity contribution in [3.8, 4) is 0 Å². The zero-order chi connectivity index (χ0) is 13.1. The first-order chi connectivity index (χ1) is 8.59. The van der Waals surface area contributed by atoms with Gasteiger partial charge in [-0.3, -0.25) is 0 Å². The molecule has 2 N–H and O–H groups in total. The molecule has 2 rings (SSSR count). The number of hydrogen-bond acceptors (Lipinski definition) is 1. The van der Waals surface area contributed by atoms with Gasteiger partial charge in [-0.1, -0.05) is 35.9 Å². The van der Waals surface area contributed by atoms with E-state index in [1.54, 1.807) is 24.3 Å². The number of benzene rings is 2. The smallest absolute Gasteiger partial charge is 0.127 e. The molecular weight excluding hydrogens is 256 g/mol. The Morgan fingerprint density at radius 2 is 1.67 bits per heavy atom. The summed E-state index contributed by atoms with van der Waals surface area (Å²) in [6.45, 7) is 0. The Kier molecular flexibility index (Phi) is 3.94. The van der Waals surface area contributed by atoms with Gasteiger partial charge in [-0.25, -0.2) is 8.78 Å². The molecule has 1 unspecified atom stereocenters. The zero-order valence-electron chi connectivity index (χ0n) is 9.54. The highest BCUT2D eigenvalue weighted by Gasteiger charge is 2.15. The first-order valence-corrected chi connectivity index (χ1v) is 5.90. The standard InChI is InChI=1S/C14H12ClF2N/c15-11-5-3-7-13(17)10(11)8-14(18)9-4-1-2-6-12(9)16/h1-7,14H,8,18H2. The van der Waals surface area contributed by atoms with Crippen molar-refractivity contribution < 1.29 is 8.78 Å². The molecule has 0 spiro atoms. The molecule has 0 heterocycles. The Morgan fingerprint density at radius 1 is 1.00 bits per heavy atom. The van der Waals surface area contributed by atoms with Crippen LogP contribution in [0.2, 0.25) is 5.02 Å². The molecule has 0 saturated carbocycles. The van der Waals surface area contributed by atoms with Crippen molar-refractivity contribution in [3.05, 3.63) is 70.2 Å². The molecule has 4 heteroatoms. The van der Waals surface area contributed by atoms with E-state index in [1.807, 2.05) is 0 Å². The fraction of sp³-hybridized carbons (Fsp3) is 0.143. The molecule has 0 radical (unpaired) electrons. The maximum atomic E-state index is 13.6. The molecular formula is C14H12ClF2N. The normalized spacial score (nSPS) is 12.4. The van der Waals surface area contributed by atoms with E-state index in [1.165, 1.54) is 18.2 Å². The average molecular weight is 268 g/mol. The molecule has 94 valence electrons. The highest BCUT2D eigenvalue weighted by molar-refractivity contribution is 6.31. The quantitative estimate of drug-likeness (QED) is 0.898. The first-order valence-electron chi connectivity index (χ1n) is 5.52. The van der Waals surface area contributed by atoms with Gasteiger partial charge in [-0.2, -0.15) is 0 Å². The third-order valence-corrected chi connectivity index (χ3v) is 3.14. The Balaban J connectivity index is 2.27. The van der Waals surface area contributed by atoms with Crippen LogP contribution in [0.1, 0.15) is 17.2 Å². The summed E-state index contributed by atoms with van der Waals surface area (Å²) in [5.74, 6) is -0.813. The minimum atomic E-state index is -0.624. The second kappa shape index (κ2) is 5.46. The average Bonchev–Trinajstić information content (AvgIpc) is 2.34. The summed E-state index contributed by atoms with van der Waals surface area (Å²) in [6.07, 6.45) is 0.159. The lowest BCUT2D eigenvalue weighted by Crippen LogP contribution is -2.16. The van der Waals surface area contributed by atoms with Gasteiger partial charge in [0.25, 0.3) is 0 Å². The summed E-state index contributed by atoms with van der Waals surface area (Å²) in [5.41, 5.74) is 6.57. The van der Waals surface area contributed by atoms with E-state index >= 15 is 0 Å². The molecule has 1 nitrogen and oxygen atoms in total. The Bertz CT molecular complexity index is 537. The highest BCUT2D eigenvalue weighted by Crippen LogP contribution is 2.25. The summed E-state index contributed by atoms with van der Waals surface area (Å²) in [5, 5.41) is 0.307. The minimum Gasteiger partial charge on any atom is -0.324 e. The van der Waals surface area contributed by atoms with Crippen LogP contribution in [0.5, 0.6) is 0 Å². The summed E-state index contributed by atoms with van der Waals surface area (Å²) >= 11 is 5.91. The van der Waals surface area contributed by atoms with Gasteiger partial charge in [0.15, 0.2) is 0 Å². The molecule has 0 aliphatic heterocycles. The van der Waals surface area contributed by atoms with Crippen LogP contribution >= 0.6 is 11.6 Å². The maximum absolute atomic E-state index is 13.6. The zero-order valence-corrected chi connectivity index (χ0v) is 10.3. The summed E-state index contributed by atoms with van der Waals surface area (Å²) in [4.78, 5) is 0. The fourth-order valence-corrected chi connectivity index (χ4v) is 2.07. The van der Waals surface area contributed by atoms with Crippen LogP contribution in [0, 0.1) is 11.6 Å². The van der Waals surface area contributed by atoms with E-state index in [9.17, 15) is 8.78 Å². The van der Waals surface area contributed by atoms with Gasteiger partial charge in [0.05, 0.1) is 0 Å². The minimum absolute atomic E-state index is 0.159. The monoisotopic (exact) mass is 267 g/mol. The predicted octanol–water partition coefficient (Wildman–Crippen LogP) is 3.86. The van der Waals surface area contributed by atoms with Crippen molar-refractivity contribution in [2.75, 3.05) is 0 Å². The number of rotatable bonds is 3. The molecule has 0 fully saturated rings. The predicted molar refractivity (Wildman–Crippen MR) is 68.4 cm³/mol. The Hall–Kier alpha value is -1.45. The van der Waals surface area contributed by atoms with Crippen molar-refractivity contribution in [1.82, 2.24) is 0 Å². The second-order valence-electron chi connectivity index (χ2n) is 4.03. The van der Waals surface area contributed by atoms with Crippen LogP contribution < -0.4 is 5.73 Å². The van der Waals surface area contributed by atoms with Gasteiger partial charge in [0.2, 0.25) is 0 Å². The van der Waals surface area contributed by atoms with Gasteiger partial charge < -0.3 is 5.73 Å². The van der Waals surface area contributed by atoms with Gasteiger partial charge in [0.1, 0.15) is 11.6 Å². The van der Waals surface area contributed by atoms with Crippen LogP contribution in [0.4, 0.5) is 8.78 Å². The third kappa shape index (κ3) is 2.68. The fourth-order valence-electron chi connectivity index (χ4n) is 1.83. The van der Waals surface area contributed by atoms with Crippen molar-refractivity contribution >= 4 is 11.6 Å². The Morgan fingerprint density at radius 3 is 2.33 bits per heavy atom. The van der Waals surface area contributed by atoms with Crippen LogP contribution in [0.15, 0.2) is 42.5 Å². The lowest BCUT2D eigenvalue weighted by atomic mass is 9.99. The van der Waals surface area contributed by atoms with Crippen molar-refractivity contribution in [3.63, 3.8) is 0 Å². The Labute approximate surface area is 109 Å². The first kappa shape index (κ1) is 13.0. The summed E-state index contributed by atoms with van der Waals surface area (Å²) in [6, 6.07) is 10.0. The molecule has 0 saturated heterocycles. The van der Waals surface area contributed by atoms with E-state index in [0.29, 0.717) is 16.1 Å². The van der Waals surface area contributed by atoms with E-state index < -0.39 is 17.7 Å². The molecule has 0 aromatic heterocycles. The van der Waals surface area contributed by atoms with Gasteiger partial charge in [-0.05, 0) is 24.6 Å². The van der Waals surface area contributed by atoms with E-state index in [-0.39, 0.29) is 6.42 Å². The van der Waals surface area contributed by atoms with Crippen molar-refractivity contribution in [2.24, 2.45) is 5.73 Å². The number of halogens is 3. The van der Waals surface area contributed by atoms with Crippen molar-refractivity contribution in [2.45, 2.75) is 12.5 Å². The third-order valence-electron chi connectivity index (χ3n) is 2.79. The number of hydrogen-bond donors (Lipinski definition) is 1. The van der Waals surface area contributed by atoms with E-state index in [2.05, 4.69) is 0 Å². The van der Waals surface area contributed by atoms with Gasteiger partial charge in [0, 0.05) is 22.2 Å². The molecule has 0 bridgehead atoms. The molecule has 1 atom stereocenters. The molecule has 2 aromatic rings. The van der Waals surface area contributed by atoms with Crippen LogP contribution in [-0.2, 0) is 6.42 Å². The lowest BCUT2D eigenvalue weighted by molar-refractivity contribution is 0.563.